The maximum atomic E-state index is 11.6. The monoisotopic (exact) mass is 232 g/mol. The van der Waals surface area contributed by atoms with Crippen molar-refractivity contribution in [2.75, 3.05) is 5.32 Å². The van der Waals surface area contributed by atoms with E-state index in [1.54, 1.807) is 0 Å². The molecule has 0 fully saturated rings. The molecule has 2 heterocycles. The fourth-order valence-electron chi connectivity index (χ4n) is 1.25. The molecule has 0 aliphatic heterocycles. The maximum Gasteiger partial charge on any atom is 0.356 e. The van der Waals surface area contributed by atoms with Crippen LogP contribution in [0.4, 0.5) is 5.69 Å². The van der Waals surface area contributed by atoms with Crippen molar-refractivity contribution in [1.82, 2.24) is 15.2 Å². The van der Waals surface area contributed by atoms with Gasteiger partial charge >= 0.3 is 5.97 Å². The highest BCUT2D eigenvalue weighted by molar-refractivity contribution is 6.05. The number of amides is 1. The third-order valence-corrected chi connectivity index (χ3v) is 2.00. The van der Waals surface area contributed by atoms with E-state index in [1.807, 2.05) is 0 Å². The van der Waals surface area contributed by atoms with Crippen LogP contribution >= 0.6 is 0 Å². The van der Waals surface area contributed by atoms with E-state index in [0.29, 0.717) is 0 Å². The Balaban J connectivity index is 2.25. The number of aromatic amines is 1. The first kappa shape index (κ1) is 10.8. The van der Waals surface area contributed by atoms with Crippen molar-refractivity contribution < 1.29 is 14.7 Å². The lowest BCUT2D eigenvalue weighted by Crippen LogP contribution is -2.16. The number of nitrogens with one attached hydrogen (secondary N) is 2. The number of H-pyrrole nitrogens is 1. The van der Waals surface area contributed by atoms with Crippen LogP contribution in [0.25, 0.3) is 0 Å². The third-order valence-electron chi connectivity index (χ3n) is 2.00. The van der Waals surface area contributed by atoms with Crippen molar-refractivity contribution in [2.24, 2.45) is 0 Å². The summed E-state index contributed by atoms with van der Waals surface area (Å²) in [6.45, 7) is 0. The number of anilines is 1. The van der Waals surface area contributed by atoms with Gasteiger partial charge in [0.2, 0.25) is 0 Å². The summed E-state index contributed by atoms with van der Waals surface area (Å²) in [5.74, 6) is -1.68. The molecule has 2 rings (SSSR count). The zero-order chi connectivity index (χ0) is 12.3. The molecule has 17 heavy (non-hydrogen) atoms. The van der Waals surface area contributed by atoms with Crippen LogP contribution in [-0.2, 0) is 0 Å². The third kappa shape index (κ3) is 2.28. The number of aromatic nitrogens is 3. The predicted octanol–water partition coefficient (Wildman–Crippen LogP) is 0.755. The van der Waals surface area contributed by atoms with Gasteiger partial charge in [-0.3, -0.25) is 9.89 Å². The number of hydrogen-bond donors (Lipinski definition) is 3. The predicted molar refractivity (Wildman–Crippen MR) is 57.7 cm³/mol. The molecule has 1 amide bonds. The van der Waals surface area contributed by atoms with Gasteiger partial charge in [0.1, 0.15) is 5.69 Å². The number of hydrogen-bond acceptors (Lipinski definition) is 4. The number of carbonyl (C=O) groups excluding carboxylic acids is 1. The highest BCUT2D eigenvalue weighted by Crippen LogP contribution is 2.12. The largest absolute Gasteiger partial charge is 0.476 e. The van der Waals surface area contributed by atoms with Crippen molar-refractivity contribution >= 4 is 17.6 Å². The number of aromatic carboxylic acids is 1. The quantitative estimate of drug-likeness (QED) is 0.723. The van der Waals surface area contributed by atoms with Crippen LogP contribution in [0.3, 0.4) is 0 Å². The molecular weight excluding hydrogens is 224 g/mol. The molecule has 86 valence electrons. The van der Waals surface area contributed by atoms with Gasteiger partial charge in [0.25, 0.3) is 5.91 Å². The zero-order valence-electron chi connectivity index (χ0n) is 8.54. The van der Waals surface area contributed by atoms with Gasteiger partial charge in [0.15, 0.2) is 5.69 Å². The van der Waals surface area contributed by atoms with E-state index < -0.39 is 11.9 Å². The van der Waals surface area contributed by atoms with E-state index in [4.69, 9.17) is 5.11 Å². The van der Waals surface area contributed by atoms with Crippen LogP contribution in [0, 0.1) is 0 Å². The smallest absolute Gasteiger partial charge is 0.356 e. The minimum Gasteiger partial charge on any atom is -0.476 e. The molecule has 0 saturated heterocycles. The Labute approximate surface area is 95.5 Å². The van der Waals surface area contributed by atoms with E-state index in [9.17, 15) is 9.59 Å². The molecule has 0 saturated carbocycles. The topological polar surface area (TPSA) is 108 Å². The standard InChI is InChI=1S/C10H8N4O3/c15-9(7-3-5-12-14-7)13-6-2-1-4-11-8(6)10(16)17/h1-5H,(H,12,14)(H,13,15)(H,16,17). The van der Waals surface area contributed by atoms with Gasteiger partial charge < -0.3 is 10.4 Å². The van der Waals surface area contributed by atoms with Crippen LogP contribution in [0.2, 0.25) is 0 Å². The number of carbonyl (C=O) groups is 2. The summed E-state index contributed by atoms with van der Waals surface area (Å²) >= 11 is 0. The highest BCUT2D eigenvalue weighted by atomic mass is 16.4. The Bertz CT molecular complexity index is 550. The SMILES string of the molecule is O=C(Nc1cccnc1C(=O)O)c1ccn[nH]1. The van der Waals surface area contributed by atoms with E-state index >= 15 is 0 Å². The molecule has 0 bridgehead atoms. The van der Waals surface area contributed by atoms with Gasteiger partial charge in [-0.1, -0.05) is 0 Å². The van der Waals surface area contributed by atoms with Gasteiger partial charge in [0.05, 0.1) is 5.69 Å². The molecule has 0 aromatic carbocycles. The van der Waals surface area contributed by atoms with Gasteiger partial charge in [-0.25, -0.2) is 9.78 Å². The number of carboxylic acids is 1. The van der Waals surface area contributed by atoms with Crippen LogP contribution < -0.4 is 5.32 Å². The van der Waals surface area contributed by atoms with Gasteiger partial charge in [-0.15, -0.1) is 0 Å². The van der Waals surface area contributed by atoms with Crippen molar-refractivity contribution in [1.29, 1.82) is 0 Å². The molecule has 0 spiro atoms. The summed E-state index contributed by atoms with van der Waals surface area (Å²) in [6.07, 6.45) is 2.77. The summed E-state index contributed by atoms with van der Waals surface area (Å²) in [6, 6.07) is 4.48. The number of carboxylic acid groups (broad SMARTS) is 1. The lowest BCUT2D eigenvalue weighted by molar-refractivity contribution is 0.0692. The van der Waals surface area contributed by atoms with E-state index in [2.05, 4.69) is 20.5 Å². The molecule has 0 atom stereocenters. The molecule has 0 aliphatic rings. The van der Waals surface area contributed by atoms with Gasteiger partial charge in [0, 0.05) is 12.4 Å². The molecular formula is C10H8N4O3. The average molecular weight is 232 g/mol. The second kappa shape index (κ2) is 4.44. The molecule has 3 N–H and O–H groups in total. The van der Waals surface area contributed by atoms with Gasteiger partial charge in [-0.2, -0.15) is 5.10 Å². The Morgan fingerprint density at radius 2 is 2.12 bits per heavy atom. The number of nitrogens with zero attached hydrogens (tertiary/aromatic N) is 2. The van der Waals surface area contributed by atoms with Crippen LogP contribution in [0.15, 0.2) is 30.6 Å². The zero-order valence-corrected chi connectivity index (χ0v) is 8.54. The first-order chi connectivity index (χ1) is 8.18. The lowest BCUT2D eigenvalue weighted by Gasteiger charge is -2.05. The van der Waals surface area contributed by atoms with Crippen molar-refractivity contribution in [3.8, 4) is 0 Å². The minimum atomic E-state index is -1.20. The molecule has 2 aromatic rings. The van der Waals surface area contributed by atoms with Crippen molar-refractivity contribution in [3.63, 3.8) is 0 Å². The normalized spacial score (nSPS) is 9.88. The Morgan fingerprint density at radius 3 is 2.76 bits per heavy atom. The van der Waals surface area contributed by atoms with Crippen LogP contribution in [-0.4, -0.2) is 32.2 Å². The van der Waals surface area contributed by atoms with Crippen LogP contribution in [0.1, 0.15) is 21.0 Å². The molecule has 0 aliphatic carbocycles. The summed E-state index contributed by atoms with van der Waals surface area (Å²) in [5.41, 5.74) is 0.171. The van der Waals surface area contributed by atoms with Crippen molar-refractivity contribution in [2.45, 2.75) is 0 Å². The Kier molecular flexibility index (Phi) is 2.82. The lowest BCUT2D eigenvalue weighted by atomic mass is 10.3. The second-order valence-electron chi connectivity index (χ2n) is 3.13. The molecule has 2 aromatic heterocycles. The molecule has 0 unspecified atom stereocenters. The highest BCUT2D eigenvalue weighted by Gasteiger charge is 2.14. The number of rotatable bonds is 3. The Hall–Kier alpha value is -2.70. The summed E-state index contributed by atoms with van der Waals surface area (Å²) in [5, 5.41) is 17.4. The Morgan fingerprint density at radius 1 is 1.29 bits per heavy atom. The first-order valence-corrected chi connectivity index (χ1v) is 4.67. The summed E-state index contributed by atoms with van der Waals surface area (Å²) in [7, 11) is 0. The fourth-order valence-corrected chi connectivity index (χ4v) is 1.25. The molecule has 0 radical (unpaired) electrons. The molecule has 7 nitrogen and oxygen atoms in total. The van der Waals surface area contributed by atoms with E-state index in [1.165, 1.54) is 30.6 Å². The van der Waals surface area contributed by atoms with E-state index in [0.717, 1.165) is 0 Å². The van der Waals surface area contributed by atoms with Crippen molar-refractivity contribution in [3.05, 3.63) is 42.0 Å². The van der Waals surface area contributed by atoms with Crippen LogP contribution in [0.5, 0.6) is 0 Å². The number of pyridine rings is 1. The second-order valence-corrected chi connectivity index (χ2v) is 3.13. The average Bonchev–Trinajstić information content (AvgIpc) is 2.83. The summed E-state index contributed by atoms with van der Waals surface area (Å²) < 4.78 is 0. The summed E-state index contributed by atoms with van der Waals surface area (Å²) in [4.78, 5) is 26.2. The molecule has 7 heteroatoms. The van der Waals surface area contributed by atoms with E-state index in [-0.39, 0.29) is 17.1 Å². The maximum absolute atomic E-state index is 11.6. The minimum absolute atomic E-state index is 0.139. The van der Waals surface area contributed by atoms with Gasteiger partial charge in [-0.05, 0) is 18.2 Å². The fraction of sp³-hybridized carbons (Fsp3) is 0. The first-order valence-electron chi connectivity index (χ1n) is 4.67.